The number of carboxylic acid groups (broad SMARTS) is 1. The molecule has 2 heterocycles. The number of amides is 1. The number of hydrogen-bond acceptors (Lipinski definition) is 4. The Balaban J connectivity index is 1.72. The number of ketones is 1. The summed E-state index contributed by atoms with van der Waals surface area (Å²) in [5.74, 6) is -4.09. The highest BCUT2D eigenvalue weighted by Gasteiger charge is 2.58. The molecule has 1 aliphatic heterocycles. The molecule has 0 bridgehead atoms. The summed E-state index contributed by atoms with van der Waals surface area (Å²) in [5.41, 5.74) is 1.17. The molecule has 5 rings (SSSR count). The number of benzene rings is 2. The molecule has 1 aliphatic carbocycles. The topological polar surface area (TPSA) is 74.7 Å². The van der Waals surface area contributed by atoms with Crippen molar-refractivity contribution >= 4 is 40.6 Å². The van der Waals surface area contributed by atoms with Crippen molar-refractivity contribution in [3.63, 3.8) is 0 Å². The molecule has 0 spiro atoms. The van der Waals surface area contributed by atoms with E-state index in [1.807, 2.05) is 0 Å². The first-order valence-corrected chi connectivity index (χ1v) is 13.8. The number of hydrogen-bond donors (Lipinski definition) is 1. The van der Waals surface area contributed by atoms with Crippen LogP contribution in [0.25, 0.3) is 0 Å². The number of likely N-dealkylation sites (tertiary alicyclic amines) is 1. The van der Waals surface area contributed by atoms with E-state index in [4.69, 9.17) is 11.6 Å². The van der Waals surface area contributed by atoms with E-state index in [9.17, 15) is 23.9 Å². The van der Waals surface area contributed by atoms with Gasteiger partial charge in [0.05, 0.1) is 16.8 Å². The van der Waals surface area contributed by atoms with Gasteiger partial charge in [-0.2, -0.15) is 0 Å². The average molecular weight is 540 g/mol. The van der Waals surface area contributed by atoms with Crippen LogP contribution in [0.4, 0.5) is 4.39 Å². The predicted octanol–water partition coefficient (Wildman–Crippen LogP) is 6.74. The van der Waals surface area contributed by atoms with Crippen molar-refractivity contribution in [3.8, 4) is 0 Å². The molecule has 2 aliphatic rings. The van der Waals surface area contributed by atoms with E-state index in [-0.39, 0.29) is 17.6 Å². The van der Waals surface area contributed by atoms with E-state index in [2.05, 4.69) is 0 Å². The third kappa shape index (κ3) is 4.94. The molecule has 2 aromatic carbocycles. The molecule has 5 nitrogen and oxygen atoms in total. The first-order valence-electron chi connectivity index (χ1n) is 12.5. The summed E-state index contributed by atoms with van der Waals surface area (Å²) < 4.78 is 13.9. The smallest absolute Gasteiger partial charge is 0.327 e. The number of nitrogens with zero attached hydrogens (tertiary/aromatic N) is 1. The highest BCUT2D eigenvalue weighted by atomic mass is 35.5. The molecular weight excluding hydrogens is 513 g/mol. The Morgan fingerprint density at radius 3 is 2.16 bits per heavy atom. The van der Waals surface area contributed by atoms with Gasteiger partial charge in [0.15, 0.2) is 5.78 Å². The fourth-order valence-corrected chi connectivity index (χ4v) is 6.85. The van der Waals surface area contributed by atoms with Crippen molar-refractivity contribution in [3.05, 3.63) is 92.9 Å². The van der Waals surface area contributed by atoms with Gasteiger partial charge in [-0.25, -0.2) is 9.18 Å². The second-order valence-corrected chi connectivity index (χ2v) is 11.2. The van der Waals surface area contributed by atoms with Crippen LogP contribution < -0.4 is 0 Å². The molecule has 192 valence electrons. The van der Waals surface area contributed by atoms with Gasteiger partial charge in [-0.15, -0.1) is 11.3 Å². The van der Waals surface area contributed by atoms with Gasteiger partial charge in [0.25, 0.3) is 0 Å². The molecule has 1 saturated heterocycles. The number of halogens is 2. The molecule has 1 amide bonds. The fourth-order valence-electron chi connectivity index (χ4n) is 6.01. The molecule has 4 unspecified atom stereocenters. The lowest BCUT2D eigenvalue weighted by molar-refractivity contribution is -0.152. The average Bonchev–Trinajstić information content (AvgIpc) is 3.56. The Kier molecular flexibility index (Phi) is 7.45. The first-order chi connectivity index (χ1) is 17.9. The maximum atomic E-state index is 14.1. The number of thiophene rings is 1. The lowest BCUT2D eigenvalue weighted by Crippen LogP contribution is -2.46. The van der Waals surface area contributed by atoms with Gasteiger partial charge in [0.1, 0.15) is 11.9 Å². The van der Waals surface area contributed by atoms with E-state index in [1.54, 1.807) is 53.9 Å². The van der Waals surface area contributed by atoms with Crippen LogP contribution in [0, 0.1) is 17.7 Å². The third-order valence-electron chi connectivity index (χ3n) is 7.66. The van der Waals surface area contributed by atoms with Crippen LogP contribution in [0.5, 0.6) is 0 Å². The van der Waals surface area contributed by atoms with Crippen LogP contribution in [-0.4, -0.2) is 33.7 Å². The summed E-state index contributed by atoms with van der Waals surface area (Å²) in [7, 11) is 0. The van der Waals surface area contributed by atoms with Gasteiger partial charge in [-0.3, -0.25) is 9.59 Å². The zero-order chi connectivity index (χ0) is 26.1. The second-order valence-electron chi connectivity index (χ2n) is 9.80. The number of carboxylic acids is 1. The summed E-state index contributed by atoms with van der Waals surface area (Å²) in [6.07, 6.45) is 4.23. The van der Waals surface area contributed by atoms with Crippen LogP contribution in [0.2, 0.25) is 5.02 Å². The molecule has 4 atom stereocenters. The lowest BCUT2D eigenvalue weighted by Gasteiger charge is -2.34. The van der Waals surface area contributed by atoms with Gasteiger partial charge in [-0.05, 0) is 59.7 Å². The molecular formula is C29H27ClFNO4S. The van der Waals surface area contributed by atoms with E-state index >= 15 is 0 Å². The first kappa shape index (κ1) is 25.6. The van der Waals surface area contributed by atoms with Crippen LogP contribution in [0.15, 0.2) is 66.0 Å². The van der Waals surface area contributed by atoms with E-state index in [0.29, 0.717) is 33.9 Å². The Morgan fingerprint density at radius 1 is 0.919 bits per heavy atom. The molecule has 0 radical (unpaired) electrons. The minimum Gasteiger partial charge on any atom is -0.480 e. The zero-order valence-corrected chi connectivity index (χ0v) is 21.6. The quantitative estimate of drug-likeness (QED) is 0.352. The predicted molar refractivity (Wildman–Crippen MR) is 140 cm³/mol. The standard InChI is InChI=1S/C29H27ClFNO4S/c30-20-12-8-17(9-13-20)23-24(27(33)22-7-4-16-37-22)25(18-10-14-21(31)15-11-18)32(26(23)29(35)36)28(34)19-5-2-1-3-6-19/h4,7-16,19,23-26H,1-3,5-6H2,(H,35,36). The van der Waals surface area contributed by atoms with E-state index in [0.717, 1.165) is 19.3 Å². The van der Waals surface area contributed by atoms with Gasteiger partial charge < -0.3 is 10.0 Å². The largest absolute Gasteiger partial charge is 0.480 e. The molecule has 37 heavy (non-hydrogen) atoms. The maximum Gasteiger partial charge on any atom is 0.327 e. The molecule has 1 aromatic heterocycles. The minimum absolute atomic E-state index is 0.227. The van der Waals surface area contributed by atoms with Gasteiger partial charge in [-0.1, -0.05) is 61.2 Å². The Labute approximate surface area is 223 Å². The van der Waals surface area contributed by atoms with Crippen molar-refractivity contribution < 1.29 is 23.9 Å². The number of rotatable bonds is 6. The summed E-state index contributed by atoms with van der Waals surface area (Å²) in [5, 5.41) is 12.9. The SMILES string of the molecule is O=C(c1cccs1)C1C(c2ccc(Cl)cc2)C(C(=O)O)N(C(=O)C2CCCCC2)C1c1ccc(F)cc1. The van der Waals surface area contributed by atoms with Crippen LogP contribution in [0.1, 0.15) is 64.9 Å². The minimum atomic E-state index is -1.26. The number of carbonyl (C=O) groups excluding carboxylic acids is 2. The van der Waals surface area contributed by atoms with Gasteiger partial charge >= 0.3 is 5.97 Å². The fraction of sp³-hybridized carbons (Fsp3) is 0.345. The van der Waals surface area contributed by atoms with Crippen LogP contribution in [0.3, 0.4) is 0 Å². The Hall–Kier alpha value is -3.03. The normalized spacial score (nSPS) is 24.2. The van der Waals surface area contributed by atoms with E-state index in [1.165, 1.54) is 28.4 Å². The van der Waals surface area contributed by atoms with Crippen molar-refractivity contribution in [2.75, 3.05) is 0 Å². The number of Topliss-reactive ketones (excluding diaryl/α,β-unsaturated/α-hetero) is 1. The molecule has 1 saturated carbocycles. The summed E-state index contributed by atoms with van der Waals surface area (Å²) in [6, 6.07) is 13.9. The van der Waals surface area contributed by atoms with Crippen molar-refractivity contribution in [2.45, 2.75) is 50.1 Å². The summed E-state index contributed by atoms with van der Waals surface area (Å²) >= 11 is 7.42. The third-order valence-corrected chi connectivity index (χ3v) is 8.80. The Morgan fingerprint density at radius 2 is 1.57 bits per heavy atom. The monoisotopic (exact) mass is 539 g/mol. The van der Waals surface area contributed by atoms with Crippen LogP contribution >= 0.6 is 22.9 Å². The number of aliphatic carboxylic acids is 1. The second kappa shape index (κ2) is 10.8. The van der Waals surface area contributed by atoms with E-state index < -0.39 is 35.7 Å². The zero-order valence-electron chi connectivity index (χ0n) is 20.1. The van der Waals surface area contributed by atoms with Crippen molar-refractivity contribution in [1.29, 1.82) is 0 Å². The molecule has 3 aromatic rings. The molecule has 8 heteroatoms. The van der Waals surface area contributed by atoms with Crippen molar-refractivity contribution in [1.82, 2.24) is 4.90 Å². The summed E-state index contributed by atoms with van der Waals surface area (Å²) in [6.45, 7) is 0. The molecule has 2 fully saturated rings. The number of carbonyl (C=O) groups is 3. The Bertz CT molecular complexity index is 1270. The van der Waals surface area contributed by atoms with Crippen LogP contribution in [-0.2, 0) is 9.59 Å². The lowest BCUT2D eigenvalue weighted by atomic mass is 9.77. The maximum absolute atomic E-state index is 14.1. The van der Waals surface area contributed by atoms with Gasteiger partial charge in [0, 0.05) is 16.9 Å². The highest BCUT2D eigenvalue weighted by Crippen LogP contribution is 2.52. The molecule has 1 N–H and O–H groups in total. The summed E-state index contributed by atoms with van der Waals surface area (Å²) in [4.78, 5) is 43.1. The highest BCUT2D eigenvalue weighted by molar-refractivity contribution is 7.12. The van der Waals surface area contributed by atoms with Gasteiger partial charge in [0.2, 0.25) is 5.91 Å². The van der Waals surface area contributed by atoms with Crippen molar-refractivity contribution in [2.24, 2.45) is 11.8 Å².